The van der Waals surface area contributed by atoms with E-state index in [1.165, 1.54) is 16.0 Å². The van der Waals surface area contributed by atoms with Crippen LogP contribution in [0.2, 0.25) is 0 Å². The van der Waals surface area contributed by atoms with Crippen LogP contribution < -0.4 is 10.9 Å². The van der Waals surface area contributed by atoms with Crippen molar-refractivity contribution in [3.8, 4) is 11.3 Å². The molecule has 2 rings (SSSR count). The van der Waals surface area contributed by atoms with Gasteiger partial charge in [-0.3, -0.25) is 4.79 Å². The molecular weight excluding hydrogens is 284 g/mol. The number of rotatable bonds is 7. The molecule has 0 aromatic carbocycles. The molecule has 0 radical (unpaired) electrons. The molecule has 0 atom stereocenters. The number of nitrogens with one attached hydrogen (secondary N) is 1. The van der Waals surface area contributed by atoms with Crippen LogP contribution >= 0.6 is 11.3 Å². The van der Waals surface area contributed by atoms with E-state index >= 15 is 0 Å². The highest BCUT2D eigenvalue weighted by Crippen LogP contribution is 2.22. The predicted octanol–water partition coefficient (Wildman–Crippen LogP) is 3.30. The van der Waals surface area contributed by atoms with Crippen molar-refractivity contribution in [3.05, 3.63) is 27.5 Å². The van der Waals surface area contributed by atoms with Crippen LogP contribution in [0.4, 0.5) is 5.13 Å². The third kappa shape index (κ3) is 3.91. The smallest absolute Gasteiger partial charge is 0.276 e. The summed E-state index contributed by atoms with van der Waals surface area (Å²) in [5.41, 5.74) is 2.15. The summed E-state index contributed by atoms with van der Waals surface area (Å²) in [7, 11) is 0. The van der Waals surface area contributed by atoms with Gasteiger partial charge in [0.2, 0.25) is 0 Å². The monoisotopic (exact) mass is 306 g/mol. The summed E-state index contributed by atoms with van der Waals surface area (Å²) in [5.74, 6) is 0. The Balaban J connectivity index is 2.27. The van der Waals surface area contributed by atoms with E-state index in [0.29, 0.717) is 12.1 Å². The van der Waals surface area contributed by atoms with Crippen LogP contribution in [0.25, 0.3) is 11.3 Å². The molecule has 0 aliphatic rings. The molecular formula is C15H22N4OS. The molecule has 1 N–H and O–H groups in total. The lowest BCUT2D eigenvalue weighted by atomic mass is 10.2. The fraction of sp³-hybridized carbons (Fsp3) is 0.533. The van der Waals surface area contributed by atoms with Crippen LogP contribution in [0.3, 0.4) is 0 Å². The molecule has 0 aliphatic carbocycles. The van der Waals surface area contributed by atoms with Crippen molar-refractivity contribution in [1.82, 2.24) is 14.8 Å². The number of anilines is 1. The SMILES string of the molecule is CCCCNc1nc(-c2cc(C)nn(CCC)c2=O)cs1. The number of thiazole rings is 1. The number of aromatic nitrogens is 3. The van der Waals surface area contributed by atoms with Gasteiger partial charge in [0.15, 0.2) is 5.13 Å². The van der Waals surface area contributed by atoms with Crippen LogP contribution in [0.5, 0.6) is 0 Å². The molecule has 114 valence electrons. The van der Waals surface area contributed by atoms with Gasteiger partial charge in [-0.15, -0.1) is 11.3 Å². The Morgan fingerprint density at radius 3 is 2.86 bits per heavy atom. The Labute approximate surface area is 129 Å². The van der Waals surface area contributed by atoms with Crippen LogP contribution in [-0.2, 0) is 6.54 Å². The highest BCUT2D eigenvalue weighted by atomic mass is 32.1. The Kier molecular flexibility index (Phi) is 5.50. The minimum Gasteiger partial charge on any atom is -0.362 e. The molecule has 2 aromatic heterocycles. The van der Waals surface area contributed by atoms with Gasteiger partial charge >= 0.3 is 0 Å². The largest absolute Gasteiger partial charge is 0.362 e. The second-order valence-corrected chi connectivity index (χ2v) is 5.90. The van der Waals surface area contributed by atoms with Gasteiger partial charge in [-0.25, -0.2) is 9.67 Å². The van der Waals surface area contributed by atoms with Crippen LogP contribution in [0.15, 0.2) is 16.2 Å². The van der Waals surface area contributed by atoms with Crippen molar-refractivity contribution in [2.75, 3.05) is 11.9 Å². The van der Waals surface area contributed by atoms with Crippen molar-refractivity contribution in [3.63, 3.8) is 0 Å². The summed E-state index contributed by atoms with van der Waals surface area (Å²) in [6, 6.07) is 1.82. The van der Waals surface area contributed by atoms with Gasteiger partial charge in [0.25, 0.3) is 5.56 Å². The summed E-state index contributed by atoms with van der Waals surface area (Å²) < 4.78 is 1.54. The topological polar surface area (TPSA) is 59.8 Å². The van der Waals surface area contributed by atoms with Crippen LogP contribution in [-0.4, -0.2) is 21.3 Å². The number of unbranched alkanes of at least 4 members (excludes halogenated alkanes) is 1. The highest BCUT2D eigenvalue weighted by Gasteiger charge is 2.12. The molecule has 0 saturated carbocycles. The molecule has 0 amide bonds. The fourth-order valence-corrected chi connectivity index (χ4v) is 2.81. The first-order valence-corrected chi connectivity index (χ1v) is 8.32. The van der Waals surface area contributed by atoms with Crippen molar-refractivity contribution < 1.29 is 0 Å². The predicted molar refractivity (Wildman–Crippen MR) is 88.0 cm³/mol. The molecule has 0 bridgehead atoms. The average molecular weight is 306 g/mol. The molecule has 5 nitrogen and oxygen atoms in total. The molecule has 0 spiro atoms. The first-order valence-electron chi connectivity index (χ1n) is 7.44. The third-order valence-corrected chi connectivity index (χ3v) is 3.92. The maximum atomic E-state index is 12.4. The van der Waals surface area contributed by atoms with E-state index in [-0.39, 0.29) is 5.56 Å². The third-order valence-electron chi connectivity index (χ3n) is 3.12. The molecule has 2 aromatic rings. The molecule has 6 heteroatoms. The van der Waals surface area contributed by atoms with Gasteiger partial charge in [-0.05, 0) is 25.8 Å². The summed E-state index contributed by atoms with van der Waals surface area (Å²) in [6.07, 6.45) is 3.15. The number of aryl methyl sites for hydroxylation is 2. The van der Waals surface area contributed by atoms with Crippen molar-refractivity contribution >= 4 is 16.5 Å². The quantitative estimate of drug-likeness (QED) is 0.797. The van der Waals surface area contributed by atoms with E-state index in [9.17, 15) is 4.79 Å². The molecule has 0 aliphatic heterocycles. The summed E-state index contributed by atoms with van der Waals surface area (Å²) >= 11 is 1.54. The second kappa shape index (κ2) is 7.36. The maximum Gasteiger partial charge on any atom is 0.276 e. The molecule has 0 unspecified atom stereocenters. The summed E-state index contributed by atoms with van der Waals surface area (Å²) in [6.45, 7) is 7.65. The van der Waals surface area contributed by atoms with E-state index in [0.717, 1.165) is 42.3 Å². The Bertz CT molecular complexity index is 647. The highest BCUT2D eigenvalue weighted by molar-refractivity contribution is 7.14. The first kappa shape index (κ1) is 15.7. The Morgan fingerprint density at radius 2 is 2.14 bits per heavy atom. The van der Waals surface area contributed by atoms with Gasteiger partial charge in [0.1, 0.15) is 0 Å². The molecule has 0 fully saturated rings. The van der Waals surface area contributed by atoms with Crippen LogP contribution in [0, 0.1) is 6.92 Å². The van der Waals surface area contributed by atoms with Crippen molar-refractivity contribution in [1.29, 1.82) is 0 Å². The van der Waals surface area contributed by atoms with Crippen molar-refractivity contribution in [2.45, 2.75) is 46.6 Å². The van der Waals surface area contributed by atoms with Gasteiger partial charge in [-0.2, -0.15) is 5.10 Å². The molecule has 2 heterocycles. The zero-order chi connectivity index (χ0) is 15.2. The lowest BCUT2D eigenvalue weighted by molar-refractivity contribution is 0.562. The maximum absolute atomic E-state index is 12.4. The van der Waals surface area contributed by atoms with Gasteiger partial charge in [0.05, 0.1) is 17.0 Å². The fourth-order valence-electron chi connectivity index (χ4n) is 2.07. The summed E-state index contributed by atoms with van der Waals surface area (Å²) in [5, 5.41) is 10.4. The number of nitrogens with zero attached hydrogens (tertiary/aromatic N) is 3. The molecule has 0 saturated heterocycles. The van der Waals surface area contributed by atoms with E-state index in [1.807, 2.05) is 25.3 Å². The van der Waals surface area contributed by atoms with E-state index in [4.69, 9.17) is 0 Å². The Morgan fingerprint density at radius 1 is 1.33 bits per heavy atom. The zero-order valence-corrected chi connectivity index (χ0v) is 13.7. The lowest BCUT2D eigenvalue weighted by Gasteiger charge is -2.06. The summed E-state index contributed by atoms with van der Waals surface area (Å²) in [4.78, 5) is 16.9. The van der Waals surface area contributed by atoms with Gasteiger partial charge in [-0.1, -0.05) is 20.3 Å². The van der Waals surface area contributed by atoms with Crippen LogP contribution in [0.1, 0.15) is 38.8 Å². The van der Waals surface area contributed by atoms with E-state index < -0.39 is 0 Å². The number of hydrogen-bond acceptors (Lipinski definition) is 5. The van der Waals surface area contributed by atoms with Gasteiger partial charge in [0, 0.05) is 18.5 Å². The first-order chi connectivity index (χ1) is 10.2. The van der Waals surface area contributed by atoms with E-state index in [1.54, 1.807) is 0 Å². The second-order valence-electron chi connectivity index (χ2n) is 5.05. The normalized spacial score (nSPS) is 10.8. The Hall–Kier alpha value is -1.69. The van der Waals surface area contributed by atoms with Gasteiger partial charge < -0.3 is 5.32 Å². The van der Waals surface area contributed by atoms with Crippen molar-refractivity contribution in [2.24, 2.45) is 0 Å². The number of hydrogen-bond donors (Lipinski definition) is 1. The van der Waals surface area contributed by atoms with E-state index in [2.05, 4.69) is 22.3 Å². The minimum absolute atomic E-state index is 0.0622. The lowest BCUT2D eigenvalue weighted by Crippen LogP contribution is -2.25. The minimum atomic E-state index is -0.0622. The average Bonchev–Trinajstić information content (AvgIpc) is 2.92. The standard InChI is InChI=1S/C15H22N4OS/c1-4-6-7-16-15-17-13(10-21-15)12-9-11(3)18-19(8-5-2)14(12)20/h9-10H,4-8H2,1-3H3,(H,16,17). The molecule has 21 heavy (non-hydrogen) atoms. The zero-order valence-electron chi connectivity index (χ0n) is 12.8.